The summed E-state index contributed by atoms with van der Waals surface area (Å²) < 4.78 is 20.4. The molecule has 42 heavy (non-hydrogen) atoms. The Balaban J connectivity index is 1.19. The summed E-state index contributed by atoms with van der Waals surface area (Å²) in [6.45, 7) is 5.60. The lowest BCUT2D eigenvalue weighted by molar-refractivity contribution is 0.135. The minimum Gasteiger partial charge on any atom is -0.508 e. The van der Waals surface area contributed by atoms with Crippen molar-refractivity contribution in [3.05, 3.63) is 94.5 Å². The van der Waals surface area contributed by atoms with E-state index in [0.29, 0.717) is 23.2 Å². The van der Waals surface area contributed by atoms with Crippen LogP contribution in [-0.4, -0.2) is 34.5 Å². The molecule has 0 bridgehead atoms. The summed E-state index contributed by atoms with van der Waals surface area (Å²) in [5.74, 6) is 0.750. The summed E-state index contributed by atoms with van der Waals surface area (Å²) in [6, 6.07) is 18.9. The first kappa shape index (κ1) is 28.1. The molecule has 1 aliphatic carbocycles. The van der Waals surface area contributed by atoms with Crippen molar-refractivity contribution in [3.63, 3.8) is 0 Å². The molecule has 2 fully saturated rings. The molecule has 216 valence electrons. The van der Waals surface area contributed by atoms with Gasteiger partial charge in [-0.15, -0.1) is 0 Å². The zero-order chi connectivity index (χ0) is 29.3. The van der Waals surface area contributed by atoms with Gasteiger partial charge in [-0.3, -0.25) is 0 Å². The summed E-state index contributed by atoms with van der Waals surface area (Å²) in [6.07, 6.45) is 5.62. The van der Waals surface area contributed by atoms with Gasteiger partial charge in [-0.2, -0.15) is 5.10 Å². The Morgan fingerprint density at radius 1 is 1.10 bits per heavy atom. The van der Waals surface area contributed by atoms with Crippen molar-refractivity contribution in [3.8, 4) is 16.9 Å². The van der Waals surface area contributed by atoms with E-state index >= 15 is 0 Å². The van der Waals surface area contributed by atoms with Gasteiger partial charge in [0.1, 0.15) is 5.75 Å². The lowest BCUT2D eigenvalue weighted by Gasteiger charge is -2.16. The highest BCUT2D eigenvalue weighted by Crippen LogP contribution is 2.59. The number of benzene rings is 3. The average molecular weight is 586 g/mol. The number of hydrazone groups is 1. The smallest absolute Gasteiger partial charge is 0.243 e. The normalized spacial score (nSPS) is 19.9. The van der Waals surface area contributed by atoms with Gasteiger partial charge in [0.05, 0.1) is 18.1 Å². The Hall–Kier alpha value is -4.01. The number of ether oxygens (including phenoxy) is 1. The highest BCUT2D eigenvalue weighted by Gasteiger charge is 2.57. The maximum atomic E-state index is 14.8. The lowest BCUT2D eigenvalue weighted by atomic mass is 9.94. The van der Waals surface area contributed by atoms with E-state index in [-0.39, 0.29) is 28.8 Å². The molecule has 3 aromatic carbocycles. The first-order valence-electron chi connectivity index (χ1n) is 14.2. The van der Waals surface area contributed by atoms with Crippen LogP contribution in [0.5, 0.6) is 5.75 Å². The molecule has 2 heterocycles. The van der Waals surface area contributed by atoms with Crippen molar-refractivity contribution in [1.29, 1.82) is 0 Å². The van der Waals surface area contributed by atoms with Crippen molar-refractivity contribution in [1.82, 2.24) is 9.97 Å². The highest BCUT2D eigenvalue weighted by molar-refractivity contribution is 6.31. The average Bonchev–Trinajstić information content (AvgIpc) is 3.70. The number of aromatic hydroxyl groups is 1. The lowest BCUT2D eigenvalue weighted by Crippen LogP contribution is -2.17. The maximum Gasteiger partial charge on any atom is 0.243 e. The zero-order valence-electron chi connectivity index (χ0n) is 23.6. The molecular formula is C33H33ClFN5O2. The van der Waals surface area contributed by atoms with E-state index in [1.54, 1.807) is 24.4 Å². The van der Waals surface area contributed by atoms with Gasteiger partial charge in [0, 0.05) is 35.0 Å². The molecule has 7 nitrogen and oxygen atoms in total. The van der Waals surface area contributed by atoms with Gasteiger partial charge in [-0.1, -0.05) is 43.6 Å². The second kappa shape index (κ2) is 11.7. The predicted molar refractivity (Wildman–Crippen MR) is 165 cm³/mol. The number of fused-ring (bicyclic) bond motifs is 1. The molecule has 2 atom stereocenters. The van der Waals surface area contributed by atoms with Crippen molar-refractivity contribution >= 4 is 35.1 Å². The number of nitrogens with one attached hydrogen (secondary N) is 2. The number of nitrogens with zero attached hydrogens (tertiary/aromatic N) is 3. The van der Waals surface area contributed by atoms with Crippen LogP contribution in [0.4, 0.5) is 21.7 Å². The number of anilines is 3. The van der Waals surface area contributed by atoms with Crippen molar-refractivity contribution < 1.29 is 14.2 Å². The molecule has 2 unspecified atom stereocenters. The second-order valence-corrected chi connectivity index (χ2v) is 11.8. The number of phenols is 1. The maximum absolute atomic E-state index is 14.8. The number of rotatable bonds is 8. The van der Waals surface area contributed by atoms with Gasteiger partial charge >= 0.3 is 0 Å². The van der Waals surface area contributed by atoms with Gasteiger partial charge in [-0.25, -0.2) is 19.8 Å². The number of hydrogen-bond acceptors (Lipinski definition) is 7. The SMILES string of the molecule is CC(C)c1cc(Nc2cc(Cl)cc(-c3cccc(O)c3)c2)ccc1/C=N/Nc1ncc(F)c(C23CCOCCC2C3)n1. The predicted octanol–water partition coefficient (Wildman–Crippen LogP) is 8.02. The summed E-state index contributed by atoms with van der Waals surface area (Å²) in [4.78, 5) is 8.66. The first-order valence-corrected chi connectivity index (χ1v) is 14.6. The van der Waals surface area contributed by atoms with Gasteiger partial charge in [0.15, 0.2) is 5.82 Å². The molecule has 1 saturated carbocycles. The van der Waals surface area contributed by atoms with Crippen LogP contribution in [0.2, 0.25) is 5.02 Å². The number of halogens is 2. The molecule has 1 aromatic heterocycles. The summed E-state index contributed by atoms with van der Waals surface area (Å²) >= 11 is 6.44. The van der Waals surface area contributed by atoms with E-state index in [9.17, 15) is 9.50 Å². The van der Waals surface area contributed by atoms with Crippen molar-refractivity contribution in [2.45, 2.75) is 44.4 Å². The Morgan fingerprint density at radius 3 is 2.81 bits per heavy atom. The fraction of sp³-hybridized carbons (Fsp3) is 0.303. The minimum atomic E-state index is -0.368. The zero-order valence-corrected chi connectivity index (χ0v) is 24.3. The van der Waals surface area contributed by atoms with E-state index < -0.39 is 0 Å². The number of phenolic OH excluding ortho intramolecular Hbond substituents is 1. The highest BCUT2D eigenvalue weighted by atomic mass is 35.5. The van der Waals surface area contributed by atoms with E-state index in [1.165, 1.54) is 6.20 Å². The molecule has 0 radical (unpaired) electrons. The quantitative estimate of drug-likeness (QED) is 0.143. The molecule has 0 spiro atoms. The van der Waals surface area contributed by atoms with Crippen LogP contribution in [0, 0.1) is 11.7 Å². The van der Waals surface area contributed by atoms with Crippen LogP contribution in [0.15, 0.2) is 72.0 Å². The van der Waals surface area contributed by atoms with Gasteiger partial charge in [0.25, 0.3) is 0 Å². The van der Waals surface area contributed by atoms with Crippen LogP contribution in [0.25, 0.3) is 11.1 Å². The largest absolute Gasteiger partial charge is 0.508 e. The summed E-state index contributed by atoms with van der Waals surface area (Å²) in [5.41, 5.74) is 8.68. The van der Waals surface area contributed by atoms with Crippen LogP contribution >= 0.6 is 11.6 Å². The standard InChI is InChI=1S/C33H33ClFN5O2/c1-20(2)29-16-26(38-27-13-23(12-25(34)15-27)21-4-3-5-28(41)14-21)7-6-22(29)18-37-40-32-36-19-30(35)31(39-32)33-9-11-42-10-8-24(33)17-33/h3-7,12-16,18-20,24,38,41H,8-11,17H2,1-2H3,(H,36,39,40)/b37-18+. The molecule has 1 saturated heterocycles. The number of aromatic nitrogens is 2. The van der Waals surface area contributed by atoms with Crippen LogP contribution in [0.3, 0.4) is 0 Å². The number of hydrogen-bond donors (Lipinski definition) is 3. The molecule has 1 aliphatic heterocycles. The Morgan fingerprint density at radius 2 is 1.98 bits per heavy atom. The van der Waals surface area contributed by atoms with Crippen LogP contribution in [-0.2, 0) is 10.2 Å². The van der Waals surface area contributed by atoms with Crippen molar-refractivity contribution in [2.75, 3.05) is 24.0 Å². The van der Waals surface area contributed by atoms with Crippen LogP contribution in [0.1, 0.15) is 55.8 Å². The van der Waals surface area contributed by atoms with Crippen molar-refractivity contribution in [2.24, 2.45) is 11.0 Å². The molecule has 2 aliphatic rings. The van der Waals surface area contributed by atoms with E-state index in [1.807, 2.05) is 36.4 Å². The van der Waals surface area contributed by atoms with E-state index in [4.69, 9.17) is 16.3 Å². The molecular weight excluding hydrogens is 553 g/mol. The molecule has 9 heteroatoms. The van der Waals surface area contributed by atoms with Gasteiger partial charge < -0.3 is 15.2 Å². The molecule has 3 N–H and O–H groups in total. The monoisotopic (exact) mass is 585 g/mol. The topological polar surface area (TPSA) is 91.7 Å². The van der Waals surface area contributed by atoms with E-state index in [0.717, 1.165) is 59.5 Å². The van der Waals surface area contributed by atoms with Crippen LogP contribution < -0.4 is 10.7 Å². The second-order valence-electron chi connectivity index (χ2n) is 11.4. The van der Waals surface area contributed by atoms with Gasteiger partial charge in [-0.05, 0) is 95.8 Å². The van der Waals surface area contributed by atoms with E-state index in [2.05, 4.69) is 45.7 Å². The molecule has 6 rings (SSSR count). The van der Waals surface area contributed by atoms with Gasteiger partial charge in [0.2, 0.25) is 5.95 Å². The molecule has 0 amide bonds. The minimum absolute atomic E-state index is 0.202. The first-order chi connectivity index (χ1) is 20.3. The third-order valence-corrected chi connectivity index (χ3v) is 8.41. The molecule has 4 aromatic rings. The third kappa shape index (κ3) is 5.96. The fourth-order valence-corrected chi connectivity index (χ4v) is 6.17. The summed E-state index contributed by atoms with van der Waals surface area (Å²) in [5, 5.41) is 18.3. The Labute approximate surface area is 249 Å². The Kier molecular flexibility index (Phi) is 7.84. The summed E-state index contributed by atoms with van der Waals surface area (Å²) in [7, 11) is 0. The third-order valence-electron chi connectivity index (χ3n) is 8.19. The fourth-order valence-electron chi connectivity index (χ4n) is 5.94. The Bertz CT molecular complexity index is 1650.